The van der Waals surface area contributed by atoms with Crippen LogP contribution in [0.1, 0.15) is 18.5 Å². The first-order chi connectivity index (χ1) is 13.3. The van der Waals surface area contributed by atoms with Gasteiger partial charge in [-0.25, -0.2) is 15.0 Å². The Morgan fingerprint density at radius 3 is 2.48 bits per heavy atom. The molecule has 2 aromatic rings. The first-order valence-corrected chi connectivity index (χ1v) is 10.3. The van der Waals surface area contributed by atoms with Crippen LogP contribution < -0.4 is 10.2 Å². The molecule has 2 aromatic heterocycles. The van der Waals surface area contributed by atoms with Crippen LogP contribution in [0.2, 0.25) is 0 Å². The summed E-state index contributed by atoms with van der Waals surface area (Å²) in [4.78, 5) is 20.3. The van der Waals surface area contributed by atoms with Gasteiger partial charge in [-0.1, -0.05) is 0 Å². The summed E-state index contributed by atoms with van der Waals surface area (Å²) < 4.78 is 0. The molecule has 0 saturated carbocycles. The normalized spacial score (nSPS) is 18.6. The van der Waals surface area contributed by atoms with E-state index in [0.717, 1.165) is 38.5 Å². The molecule has 4 rings (SSSR count). The average molecular weight is 385 g/mol. The summed E-state index contributed by atoms with van der Waals surface area (Å²) >= 11 is 1.40. The SMILES string of the molecule is N#Cc1csc(Nc2cc(N3CCN(CCN4CCCC4)CC3)ncn2)n1. The molecule has 0 atom stereocenters. The third-order valence-corrected chi connectivity index (χ3v) is 5.89. The maximum Gasteiger partial charge on any atom is 0.189 e. The monoisotopic (exact) mass is 384 g/mol. The number of nitriles is 1. The lowest BCUT2D eigenvalue weighted by Gasteiger charge is -2.36. The van der Waals surface area contributed by atoms with Crippen molar-refractivity contribution in [1.82, 2.24) is 24.8 Å². The van der Waals surface area contributed by atoms with Crippen LogP contribution in [0.4, 0.5) is 16.8 Å². The molecule has 9 heteroatoms. The van der Waals surface area contributed by atoms with Crippen LogP contribution in [0.15, 0.2) is 17.8 Å². The molecule has 0 aliphatic carbocycles. The predicted molar refractivity (Wildman–Crippen MR) is 106 cm³/mol. The molecule has 27 heavy (non-hydrogen) atoms. The van der Waals surface area contributed by atoms with E-state index in [1.165, 1.54) is 43.8 Å². The molecule has 0 aromatic carbocycles. The molecule has 0 radical (unpaired) electrons. The first-order valence-electron chi connectivity index (χ1n) is 9.44. The number of nitrogens with zero attached hydrogens (tertiary/aromatic N) is 7. The van der Waals surface area contributed by atoms with Crippen LogP contribution in [0.5, 0.6) is 0 Å². The highest BCUT2D eigenvalue weighted by molar-refractivity contribution is 7.13. The second-order valence-corrected chi connectivity index (χ2v) is 7.77. The molecule has 2 aliphatic rings. The van der Waals surface area contributed by atoms with Crippen molar-refractivity contribution in [3.63, 3.8) is 0 Å². The molecule has 142 valence electrons. The quantitative estimate of drug-likeness (QED) is 0.807. The molecule has 8 nitrogen and oxygen atoms in total. The molecule has 1 N–H and O–H groups in total. The van der Waals surface area contributed by atoms with Gasteiger partial charge in [0.15, 0.2) is 10.8 Å². The first kappa shape index (κ1) is 18.1. The fourth-order valence-electron chi connectivity index (χ4n) is 3.57. The number of aromatic nitrogens is 3. The van der Waals surface area contributed by atoms with Crippen LogP contribution in [-0.4, -0.2) is 77.1 Å². The third-order valence-electron chi connectivity index (χ3n) is 5.13. The minimum atomic E-state index is 0.418. The number of nitrogens with one attached hydrogen (secondary N) is 1. The van der Waals surface area contributed by atoms with E-state index in [4.69, 9.17) is 5.26 Å². The summed E-state index contributed by atoms with van der Waals surface area (Å²) in [6, 6.07) is 3.99. The van der Waals surface area contributed by atoms with Gasteiger partial charge < -0.3 is 15.1 Å². The smallest absolute Gasteiger partial charge is 0.189 e. The lowest BCUT2D eigenvalue weighted by molar-refractivity contribution is 0.215. The van der Waals surface area contributed by atoms with E-state index in [2.05, 4.69) is 35.0 Å². The van der Waals surface area contributed by atoms with Gasteiger partial charge in [-0.05, 0) is 25.9 Å². The highest BCUT2D eigenvalue weighted by atomic mass is 32.1. The van der Waals surface area contributed by atoms with Gasteiger partial charge in [0.2, 0.25) is 0 Å². The van der Waals surface area contributed by atoms with Gasteiger partial charge >= 0.3 is 0 Å². The fourth-order valence-corrected chi connectivity index (χ4v) is 4.21. The van der Waals surface area contributed by atoms with E-state index in [1.807, 2.05) is 12.1 Å². The van der Waals surface area contributed by atoms with Gasteiger partial charge in [-0.2, -0.15) is 5.26 Å². The van der Waals surface area contributed by atoms with Crippen LogP contribution in [0, 0.1) is 11.3 Å². The standard InChI is InChI=1S/C18H24N8S/c19-12-15-13-27-18(22-15)23-16-11-17(21-14-20-16)26-9-7-25(8-10-26)6-5-24-3-1-2-4-24/h11,13-14H,1-10H2,(H,20,21,22,23). The second-order valence-electron chi connectivity index (χ2n) is 6.91. The van der Waals surface area contributed by atoms with E-state index in [1.54, 1.807) is 11.7 Å². The number of rotatable bonds is 6. The van der Waals surface area contributed by atoms with Gasteiger partial charge in [0.25, 0.3) is 0 Å². The number of hydrogen-bond donors (Lipinski definition) is 1. The van der Waals surface area contributed by atoms with Crippen molar-refractivity contribution in [2.24, 2.45) is 0 Å². The van der Waals surface area contributed by atoms with Crippen molar-refractivity contribution in [2.45, 2.75) is 12.8 Å². The van der Waals surface area contributed by atoms with Crippen LogP contribution in [-0.2, 0) is 0 Å². The molecule has 0 unspecified atom stereocenters. The van der Waals surface area contributed by atoms with Crippen molar-refractivity contribution in [1.29, 1.82) is 5.26 Å². The Balaban J connectivity index is 1.29. The summed E-state index contributed by atoms with van der Waals surface area (Å²) in [5.41, 5.74) is 0.418. The largest absolute Gasteiger partial charge is 0.354 e. The van der Waals surface area contributed by atoms with Gasteiger partial charge in [-0.15, -0.1) is 11.3 Å². The Morgan fingerprint density at radius 1 is 1.04 bits per heavy atom. The molecule has 0 bridgehead atoms. The lowest BCUT2D eigenvalue weighted by atomic mass is 10.3. The highest BCUT2D eigenvalue weighted by Gasteiger charge is 2.20. The Morgan fingerprint density at radius 2 is 1.78 bits per heavy atom. The maximum atomic E-state index is 8.88. The summed E-state index contributed by atoms with van der Waals surface area (Å²) in [6.07, 6.45) is 4.30. The highest BCUT2D eigenvalue weighted by Crippen LogP contribution is 2.22. The van der Waals surface area contributed by atoms with E-state index >= 15 is 0 Å². The Bertz CT molecular complexity index is 787. The van der Waals surface area contributed by atoms with Crippen LogP contribution >= 0.6 is 11.3 Å². The number of thiazole rings is 1. The molecule has 0 amide bonds. The van der Waals surface area contributed by atoms with Crippen molar-refractivity contribution in [3.8, 4) is 6.07 Å². The van der Waals surface area contributed by atoms with Crippen molar-refractivity contribution < 1.29 is 0 Å². The fraction of sp³-hybridized carbons (Fsp3) is 0.556. The Kier molecular flexibility index (Phi) is 5.77. The number of anilines is 3. The van der Waals surface area contributed by atoms with Gasteiger partial charge in [0, 0.05) is 50.7 Å². The average Bonchev–Trinajstić information content (AvgIpc) is 3.39. The van der Waals surface area contributed by atoms with Crippen molar-refractivity contribution in [3.05, 3.63) is 23.5 Å². The van der Waals surface area contributed by atoms with E-state index < -0.39 is 0 Å². The molecule has 2 aliphatic heterocycles. The zero-order valence-electron chi connectivity index (χ0n) is 15.3. The molecular formula is C18H24N8S. The molecular weight excluding hydrogens is 360 g/mol. The summed E-state index contributed by atoms with van der Waals surface area (Å²) in [5, 5.41) is 14.4. The number of likely N-dealkylation sites (tertiary alicyclic amines) is 1. The zero-order valence-corrected chi connectivity index (χ0v) is 16.2. The molecule has 4 heterocycles. The van der Waals surface area contributed by atoms with E-state index in [0.29, 0.717) is 16.6 Å². The van der Waals surface area contributed by atoms with Gasteiger partial charge in [0.1, 0.15) is 24.0 Å². The second kappa shape index (κ2) is 8.61. The third kappa shape index (κ3) is 4.71. The summed E-state index contributed by atoms with van der Waals surface area (Å²) in [6.45, 7) is 8.99. The zero-order chi connectivity index (χ0) is 18.5. The molecule has 2 saturated heterocycles. The van der Waals surface area contributed by atoms with Crippen LogP contribution in [0.25, 0.3) is 0 Å². The topological polar surface area (TPSA) is 84.2 Å². The van der Waals surface area contributed by atoms with Gasteiger partial charge in [0.05, 0.1) is 0 Å². The van der Waals surface area contributed by atoms with E-state index in [-0.39, 0.29) is 0 Å². The lowest BCUT2D eigenvalue weighted by Crippen LogP contribution is -2.48. The Hall–Kier alpha value is -2.28. The number of piperazine rings is 1. The summed E-state index contributed by atoms with van der Waals surface area (Å²) in [7, 11) is 0. The van der Waals surface area contributed by atoms with Crippen LogP contribution in [0.3, 0.4) is 0 Å². The minimum Gasteiger partial charge on any atom is -0.354 e. The minimum absolute atomic E-state index is 0.418. The van der Waals surface area contributed by atoms with Crippen molar-refractivity contribution >= 4 is 28.1 Å². The predicted octanol–water partition coefficient (Wildman–Crippen LogP) is 1.77. The maximum absolute atomic E-state index is 8.88. The van der Waals surface area contributed by atoms with E-state index in [9.17, 15) is 0 Å². The van der Waals surface area contributed by atoms with Crippen molar-refractivity contribution in [2.75, 3.05) is 62.6 Å². The van der Waals surface area contributed by atoms with Gasteiger partial charge in [-0.3, -0.25) is 4.90 Å². The Labute approximate surface area is 163 Å². The summed E-state index contributed by atoms with van der Waals surface area (Å²) in [5.74, 6) is 1.64. The number of hydrogen-bond acceptors (Lipinski definition) is 9. The molecule has 2 fully saturated rings. The molecule has 0 spiro atoms.